The van der Waals surface area contributed by atoms with E-state index in [4.69, 9.17) is 28.9 Å². The molecule has 0 amide bonds. The summed E-state index contributed by atoms with van der Waals surface area (Å²) in [5, 5.41) is 8.90. The molecule has 128 valence electrons. The number of ether oxygens (including phenoxy) is 5. The van der Waals surface area contributed by atoms with Gasteiger partial charge in [0.05, 0.1) is 12.5 Å². The highest BCUT2D eigenvalue weighted by atomic mass is 16.7. The molecule has 0 saturated carbocycles. The molecule has 0 unspecified atom stereocenters. The van der Waals surface area contributed by atoms with Crippen LogP contribution in [0.25, 0.3) is 0 Å². The smallest absolute Gasteiger partial charge is 0.303 e. The molecular weight excluding hydrogens is 310 g/mol. The van der Waals surface area contributed by atoms with E-state index in [1.807, 2.05) is 6.07 Å². The average Bonchev–Trinajstić information content (AvgIpc) is 2.43. The van der Waals surface area contributed by atoms with Gasteiger partial charge in [-0.15, -0.1) is 0 Å². The zero-order valence-electron chi connectivity index (χ0n) is 13.3. The van der Waals surface area contributed by atoms with E-state index in [0.29, 0.717) is 0 Å². The topological polar surface area (TPSA) is 121 Å². The number of carbonyl (C=O) groups is 3. The van der Waals surface area contributed by atoms with Crippen LogP contribution in [0, 0.1) is 11.3 Å². The van der Waals surface area contributed by atoms with Crippen LogP contribution in [-0.2, 0) is 38.1 Å². The van der Waals surface area contributed by atoms with Gasteiger partial charge in [0.2, 0.25) is 0 Å². The average molecular weight is 329 g/mol. The Labute approximate surface area is 133 Å². The lowest BCUT2D eigenvalue weighted by molar-refractivity contribution is -0.297. The highest BCUT2D eigenvalue weighted by Gasteiger charge is 2.51. The second kappa shape index (κ2) is 8.45. The van der Waals surface area contributed by atoms with Crippen LogP contribution in [-0.4, -0.2) is 55.7 Å². The first-order valence-corrected chi connectivity index (χ1v) is 6.87. The second-order valence-electron chi connectivity index (χ2n) is 4.86. The Morgan fingerprint density at radius 3 is 1.87 bits per heavy atom. The zero-order valence-corrected chi connectivity index (χ0v) is 13.3. The summed E-state index contributed by atoms with van der Waals surface area (Å²) in [6, 6.07) is 1.89. The first-order chi connectivity index (χ1) is 10.8. The Balaban J connectivity index is 3.20. The van der Waals surface area contributed by atoms with Crippen LogP contribution in [0.2, 0.25) is 0 Å². The molecule has 1 aliphatic heterocycles. The van der Waals surface area contributed by atoms with E-state index in [-0.39, 0.29) is 6.42 Å². The van der Waals surface area contributed by atoms with Gasteiger partial charge in [0.1, 0.15) is 6.10 Å². The number of rotatable bonds is 5. The molecule has 5 atom stereocenters. The van der Waals surface area contributed by atoms with Crippen LogP contribution < -0.4 is 0 Å². The van der Waals surface area contributed by atoms with Crippen molar-refractivity contribution in [2.45, 2.75) is 57.9 Å². The Kier molecular flexibility index (Phi) is 6.93. The summed E-state index contributed by atoms with van der Waals surface area (Å²) in [6.07, 6.45) is -5.51. The lowest BCUT2D eigenvalue weighted by atomic mass is 9.96. The summed E-state index contributed by atoms with van der Waals surface area (Å²) in [7, 11) is 1.31. The fourth-order valence-electron chi connectivity index (χ4n) is 2.30. The molecule has 1 saturated heterocycles. The molecule has 1 rings (SSSR count). The minimum Gasteiger partial charge on any atom is -0.456 e. The quantitative estimate of drug-likeness (QED) is 0.509. The van der Waals surface area contributed by atoms with E-state index in [1.54, 1.807) is 0 Å². The Bertz CT molecular complexity index is 499. The van der Waals surface area contributed by atoms with Crippen LogP contribution >= 0.6 is 0 Å². The maximum atomic E-state index is 11.4. The summed E-state index contributed by atoms with van der Waals surface area (Å²) in [5.41, 5.74) is 0. The van der Waals surface area contributed by atoms with Crippen LogP contribution in [0.5, 0.6) is 0 Å². The predicted octanol–water partition coefficient (Wildman–Crippen LogP) is 0.0665. The molecule has 23 heavy (non-hydrogen) atoms. The van der Waals surface area contributed by atoms with Crippen molar-refractivity contribution in [1.82, 2.24) is 0 Å². The van der Waals surface area contributed by atoms with Crippen LogP contribution in [0.3, 0.4) is 0 Å². The Hall–Kier alpha value is -2.18. The van der Waals surface area contributed by atoms with Crippen molar-refractivity contribution in [3.8, 4) is 6.07 Å². The Morgan fingerprint density at radius 2 is 1.43 bits per heavy atom. The Morgan fingerprint density at radius 1 is 0.957 bits per heavy atom. The summed E-state index contributed by atoms with van der Waals surface area (Å²) in [4.78, 5) is 34.0. The molecule has 0 spiro atoms. The molecule has 0 aromatic carbocycles. The fourth-order valence-corrected chi connectivity index (χ4v) is 2.30. The van der Waals surface area contributed by atoms with Crippen molar-refractivity contribution in [2.24, 2.45) is 0 Å². The molecule has 0 aromatic heterocycles. The van der Waals surface area contributed by atoms with Gasteiger partial charge in [-0.25, -0.2) is 0 Å². The van der Waals surface area contributed by atoms with Crippen molar-refractivity contribution in [1.29, 1.82) is 5.26 Å². The molecule has 0 aliphatic carbocycles. The highest BCUT2D eigenvalue weighted by molar-refractivity contribution is 5.68. The highest BCUT2D eigenvalue weighted by Crippen LogP contribution is 2.30. The lowest BCUT2D eigenvalue weighted by Crippen LogP contribution is -2.61. The van der Waals surface area contributed by atoms with Gasteiger partial charge in [-0.05, 0) is 0 Å². The van der Waals surface area contributed by atoms with E-state index >= 15 is 0 Å². The molecule has 1 heterocycles. The molecule has 0 aromatic rings. The number of nitriles is 1. The second-order valence-corrected chi connectivity index (χ2v) is 4.86. The van der Waals surface area contributed by atoms with E-state index in [0.717, 1.165) is 13.8 Å². The molecular formula is C14H19NO8. The molecule has 9 heteroatoms. The zero-order chi connectivity index (χ0) is 17.6. The van der Waals surface area contributed by atoms with Gasteiger partial charge in [-0.1, -0.05) is 0 Å². The van der Waals surface area contributed by atoms with E-state index in [9.17, 15) is 14.4 Å². The first-order valence-electron chi connectivity index (χ1n) is 6.87. The summed E-state index contributed by atoms with van der Waals surface area (Å²) in [5.74, 6) is -1.98. The number of hydrogen-bond donors (Lipinski definition) is 0. The first kappa shape index (κ1) is 18.9. The number of methoxy groups -OCH3 is 1. The van der Waals surface area contributed by atoms with E-state index < -0.39 is 48.6 Å². The third kappa shape index (κ3) is 5.19. The molecule has 9 nitrogen and oxygen atoms in total. The van der Waals surface area contributed by atoms with Gasteiger partial charge >= 0.3 is 17.9 Å². The number of hydrogen-bond acceptors (Lipinski definition) is 9. The minimum atomic E-state index is -1.16. The van der Waals surface area contributed by atoms with Crippen molar-refractivity contribution in [2.75, 3.05) is 7.11 Å². The standard InChI is InChI=1S/C14H19NO8/c1-7(16)20-11-10(5-6-15)23-14(19-4)13(22-9(3)18)12(11)21-8(2)17/h10-14H,5H2,1-4H3/t10-,11+,12+,13-,14+/m1/s1. The molecule has 0 radical (unpaired) electrons. The van der Waals surface area contributed by atoms with Crippen LogP contribution in [0.1, 0.15) is 27.2 Å². The van der Waals surface area contributed by atoms with Gasteiger partial charge in [0, 0.05) is 27.9 Å². The SMILES string of the molecule is CO[C@H]1O[C@H](CC#N)[C@H](OC(C)=O)[C@H](OC(C)=O)[C@H]1OC(C)=O. The third-order valence-electron chi connectivity index (χ3n) is 3.02. The molecule has 1 fully saturated rings. The lowest BCUT2D eigenvalue weighted by Gasteiger charge is -2.43. The number of esters is 3. The van der Waals surface area contributed by atoms with Crippen LogP contribution in [0.15, 0.2) is 0 Å². The normalized spacial score (nSPS) is 30.0. The summed E-state index contributed by atoms with van der Waals surface area (Å²) >= 11 is 0. The molecule has 1 aliphatic rings. The largest absolute Gasteiger partial charge is 0.456 e. The predicted molar refractivity (Wildman–Crippen MR) is 72.6 cm³/mol. The van der Waals surface area contributed by atoms with Crippen LogP contribution in [0.4, 0.5) is 0 Å². The molecule has 0 bridgehead atoms. The van der Waals surface area contributed by atoms with Gasteiger partial charge in [-0.2, -0.15) is 5.26 Å². The van der Waals surface area contributed by atoms with Gasteiger partial charge in [0.15, 0.2) is 24.6 Å². The molecule has 0 N–H and O–H groups in total. The fraction of sp³-hybridized carbons (Fsp3) is 0.714. The van der Waals surface area contributed by atoms with Crippen molar-refractivity contribution < 1.29 is 38.1 Å². The maximum Gasteiger partial charge on any atom is 0.303 e. The summed E-state index contributed by atoms with van der Waals surface area (Å²) < 4.78 is 26.0. The number of carbonyl (C=O) groups excluding carboxylic acids is 3. The maximum absolute atomic E-state index is 11.4. The number of nitrogens with zero attached hydrogens (tertiary/aromatic N) is 1. The van der Waals surface area contributed by atoms with E-state index in [2.05, 4.69) is 0 Å². The third-order valence-corrected chi connectivity index (χ3v) is 3.02. The van der Waals surface area contributed by atoms with Crippen molar-refractivity contribution >= 4 is 17.9 Å². The van der Waals surface area contributed by atoms with Gasteiger partial charge < -0.3 is 23.7 Å². The minimum absolute atomic E-state index is 0.137. The van der Waals surface area contributed by atoms with Gasteiger partial charge in [0.25, 0.3) is 0 Å². The van der Waals surface area contributed by atoms with Crippen molar-refractivity contribution in [3.63, 3.8) is 0 Å². The monoisotopic (exact) mass is 329 g/mol. The van der Waals surface area contributed by atoms with Crippen molar-refractivity contribution in [3.05, 3.63) is 0 Å². The summed E-state index contributed by atoms with van der Waals surface area (Å²) in [6.45, 7) is 3.49. The van der Waals surface area contributed by atoms with Gasteiger partial charge in [-0.3, -0.25) is 14.4 Å². The van der Waals surface area contributed by atoms with E-state index in [1.165, 1.54) is 14.0 Å².